The topological polar surface area (TPSA) is 172 Å². The van der Waals surface area contributed by atoms with Gasteiger partial charge in [0, 0.05) is 84.9 Å². The summed E-state index contributed by atoms with van der Waals surface area (Å²) in [6, 6.07) is 33.0. The second-order valence-electron chi connectivity index (χ2n) is 29.4. The second kappa shape index (κ2) is 24.2. The average molecular weight is 1180 g/mol. The predicted octanol–water partition coefficient (Wildman–Crippen LogP) is 15.1. The van der Waals surface area contributed by atoms with Crippen molar-refractivity contribution in [3.8, 4) is 0 Å². The highest BCUT2D eigenvalue weighted by Crippen LogP contribution is 2.44. The van der Waals surface area contributed by atoms with Gasteiger partial charge in [-0.15, -0.1) is 0 Å². The maximum Gasteiger partial charge on any atom is 0.226 e. The molecule has 0 fully saturated rings. The summed E-state index contributed by atoms with van der Waals surface area (Å²) in [5.41, 5.74) is 15.7. The number of carbonyl (C=O) groups excluding carboxylic acids is 4. The Morgan fingerprint density at radius 1 is 0.432 bits per heavy atom. The van der Waals surface area contributed by atoms with E-state index in [0.29, 0.717) is 56.2 Å². The van der Waals surface area contributed by atoms with Crippen LogP contribution in [0, 0.1) is 23.7 Å². The van der Waals surface area contributed by atoms with Crippen LogP contribution in [0.15, 0.2) is 138 Å². The summed E-state index contributed by atoms with van der Waals surface area (Å²) in [4.78, 5) is 69.7. The van der Waals surface area contributed by atoms with Crippen LogP contribution < -0.4 is 37.3 Å². The molecule has 1 unspecified atom stereocenters. The van der Waals surface area contributed by atoms with Gasteiger partial charge in [0.25, 0.3) is 0 Å². The van der Waals surface area contributed by atoms with Gasteiger partial charge >= 0.3 is 0 Å². The van der Waals surface area contributed by atoms with Crippen LogP contribution in [0.2, 0.25) is 0 Å². The molecule has 12 heteroatoms. The first-order valence-electron chi connectivity index (χ1n) is 31.3. The third kappa shape index (κ3) is 13.5. The number of hydrogen-bond donors (Lipinski definition) is 7. The minimum Gasteiger partial charge on any atom is -0.374 e. The van der Waals surface area contributed by atoms with E-state index < -0.39 is 6.04 Å². The van der Waals surface area contributed by atoms with Crippen molar-refractivity contribution >= 4 is 74.4 Å². The molecule has 4 aromatic carbocycles. The molecule has 1 atom stereocenters. The van der Waals surface area contributed by atoms with E-state index in [1.165, 1.54) is 11.1 Å². The molecule has 6 aromatic rings. The minimum atomic E-state index is -0.461. The number of hydrogen-bond acceptors (Lipinski definition) is 6. The van der Waals surface area contributed by atoms with Crippen LogP contribution in [-0.4, -0.2) is 45.4 Å². The third-order valence-corrected chi connectivity index (χ3v) is 16.7. The van der Waals surface area contributed by atoms with Gasteiger partial charge in [-0.3, -0.25) is 19.2 Å². The van der Waals surface area contributed by atoms with Crippen molar-refractivity contribution in [2.45, 2.75) is 166 Å². The number of allylic oxidation sites excluding steroid dienone is 3. The zero-order chi connectivity index (χ0) is 64.3. The first-order chi connectivity index (χ1) is 41.1. The highest BCUT2D eigenvalue weighted by molar-refractivity contribution is 6.33. The maximum atomic E-state index is 14.0. The Morgan fingerprint density at radius 2 is 0.818 bits per heavy atom. The molecular formula is C76H92N8O4. The van der Waals surface area contributed by atoms with E-state index in [2.05, 4.69) is 199 Å². The SMILES string of the molecule is CC(C)C(=O)Nc1cccc(NC(=O)C(C)C)c1/C1=C2\C=CC(N2)/C(c2cc(C(C)(C)C)cc(C(C)(C)C)c2)=c2/cc/c([nH]2)=C(\c2c(NC(=O)C(C)C)cccc2NC(=O)C(C)C)C2=N/C(=C(/c3cc(C(C)(C)C)cc(C(C)(C)C)c3)c3ccc1[nH]3)C=C2. The summed E-state index contributed by atoms with van der Waals surface area (Å²) < 4.78 is 0. The summed E-state index contributed by atoms with van der Waals surface area (Å²) in [5.74, 6) is -2.08. The van der Waals surface area contributed by atoms with E-state index in [-0.39, 0.29) is 69.0 Å². The standard InChI is InChI=1S/C76H92N8O4/c1-41(2)69(85)81-51-23-21-24-52(82-70(86)42(3)4)65(51)67-59-31-27-55(77-59)63(45-35-47(73(9,10)11)39-48(36-45)74(12,13)14)57-29-33-61(79-57)68(66-53(83-71(87)43(5)6)25-22-26-54(66)84-72(88)44(7)8)62-34-30-58(80-62)64(56-28-32-60(67)78-56)46-37-49(75(15,16)17)40-50(38-46)76(18,19)20/h21-44,55,77-79H,1-20H3,(H,81,85)(H,82,86)(H,83,87)(H,84,88)/b63-57-,64-58-,67-59+,68-61+. The van der Waals surface area contributed by atoms with Crippen LogP contribution in [0.1, 0.15) is 194 Å². The Morgan fingerprint density at radius 3 is 1.23 bits per heavy atom. The van der Waals surface area contributed by atoms with Gasteiger partial charge in [0.2, 0.25) is 23.6 Å². The number of nitrogens with one attached hydrogen (secondary N) is 7. The molecule has 12 nitrogen and oxygen atoms in total. The first kappa shape index (κ1) is 64.0. The van der Waals surface area contributed by atoms with Crippen LogP contribution in [0.3, 0.4) is 0 Å². The van der Waals surface area contributed by atoms with Crippen LogP contribution >= 0.6 is 0 Å². The number of rotatable bonds is 12. The molecule has 3 aliphatic rings. The summed E-state index contributed by atoms with van der Waals surface area (Å²) in [5, 5.41) is 18.6. The minimum absolute atomic E-state index is 0.170. The number of carbonyl (C=O) groups is 4. The fraction of sp³-hybridized carbons (Fsp3) is 0.382. The number of nitrogens with zero attached hydrogens (tertiary/aromatic N) is 1. The lowest BCUT2D eigenvalue weighted by Gasteiger charge is -2.28. The molecule has 5 heterocycles. The predicted molar refractivity (Wildman–Crippen MR) is 365 cm³/mol. The van der Waals surface area contributed by atoms with Gasteiger partial charge in [0.05, 0.1) is 40.2 Å². The van der Waals surface area contributed by atoms with Crippen molar-refractivity contribution in [2.24, 2.45) is 28.7 Å². The monoisotopic (exact) mass is 1180 g/mol. The number of amides is 4. The lowest BCUT2D eigenvalue weighted by Crippen LogP contribution is -2.31. The average Bonchev–Trinajstić information content (AvgIpc) is 1.59. The van der Waals surface area contributed by atoms with Crippen molar-refractivity contribution < 1.29 is 19.2 Å². The highest BCUT2D eigenvalue weighted by Gasteiger charge is 2.33. The highest BCUT2D eigenvalue weighted by atomic mass is 16.2. The lowest BCUT2D eigenvalue weighted by molar-refractivity contribution is -0.119. The maximum absolute atomic E-state index is 14.0. The van der Waals surface area contributed by atoms with Crippen molar-refractivity contribution in [2.75, 3.05) is 21.3 Å². The van der Waals surface area contributed by atoms with E-state index in [1.807, 2.05) is 97.9 Å². The van der Waals surface area contributed by atoms with Gasteiger partial charge in [-0.25, -0.2) is 4.99 Å². The van der Waals surface area contributed by atoms with Gasteiger partial charge in [0.1, 0.15) is 0 Å². The van der Waals surface area contributed by atoms with Crippen LogP contribution in [0.4, 0.5) is 22.7 Å². The van der Waals surface area contributed by atoms with Crippen molar-refractivity contribution in [3.05, 3.63) is 199 Å². The van der Waals surface area contributed by atoms with Crippen LogP contribution in [-0.2, 0) is 40.8 Å². The molecular weight excluding hydrogens is 1090 g/mol. The fourth-order valence-electron chi connectivity index (χ4n) is 11.0. The fourth-order valence-corrected chi connectivity index (χ4v) is 11.0. The van der Waals surface area contributed by atoms with E-state index in [1.54, 1.807) is 0 Å². The molecule has 460 valence electrons. The molecule has 8 bridgehead atoms. The number of aliphatic imine (C=N–C) groups is 1. The quantitative estimate of drug-likeness (QED) is 0.0645. The van der Waals surface area contributed by atoms with Crippen molar-refractivity contribution in [3.63, 3.8) is 0 Å². The molecule has 0 aliphatic carbocycles. The van der Waals surface area contributed by atoms with E-state index in [0.717, 1.165) is 61.4 Å². The lowest BCUT2D eigenvalue weighted by atomic mass is 9.78. The molecule has 0 saturated heterocycles. The normalized spacial score (nSPS) is 18.3. The Labute approximate surface area is 521 Å². The van der Waals surface area contributed by atoms with Gasteiger partial charge in [-0.1, -0.05) is 193 Å². The largest absolute Gasteiger partial charge is 0.374 e. The Kier molecular flexibility index (Phi) is 17.6. The number of aromatic nitrogens is 2. The second-order valence-corrected chi connectivity index (χ2v) is 29.4. The Balaban J connectivity index is 1.51. The van der Waals surface area contributed by atoms with E-state index >= 15 is 0 Å². The summed E-state index contributed by atoms with van der Waals surface area (Å²) in [7, 11) is 0. The van der Waals surface area contributed by atoms with Gasteiger partial charge < -0.3 is 36.6 Å². The Bertz CT molecular complexity index is 3930. The number of anilines is 4. The zero-order valence-electron chi connectivity index (χ0n) is 55.5. The van der Waals surface area contributed by atoms with E-state index in [4.69, 9.17) is 4.99 Å². The molecule has 2 aromatic heterocycles. The van der Waals surface area contributed by atoms with E-state index in [9.17, 15) is 19.2 Å². The zero-order valence-corrected chi connectivity index (χ0v) is 55.5. The molecule has 88 heavy (non-hydrogen) atoms. The molecule has 7 N–H and O–H groups in total. The van der Waals surface area contributed by atoms with Crippen LogP contribution in [0.5, 0.6) is 0 Å². The van der Waals surface area contributed by atoms with Crippen LogP contribution in [0.25, 0.3) is 22.3 Å². The first-order valence-corrected chi connectivity index (χ1v) is 31.3. The smallest absolute Gasteiger partial charge is 0.226 e. The summed E-state index contributed by atoms with van der Waals surface area (Å²) in [6.07, 6.45) is 8.39. The Hall–Kier alpha value is -8.51. The number of aromatic amines is 2. The van der Waals surface area contributed by atoms with Gasteiger partial charge in [0.15, 0.2) is 0 Å². The summed E-state index contributed by atoms with van der Waals surface area (Å²) >= 11 is 0. The molecule has 9 rings (SSSR count). The number of benzene rings is 4. The molecule has 4 amide bonds. The molecule has 0 spiro atoms. The third-order valence-electron chi connectivity index (χ3n) is 16.7. The summed E-state index contributed by atoms with van der Waals surface area (Å²) in [6.45, 7) is 41.8. The van der Waals surface area contributed by atoms with Gasteiger partial charge in [-0.2, -0.15) is 0 Å². The van der Waals surface area contributed by atoms with Crippen molar-refractivity contribution in [1.82, 2.24) is 15.3 Å². The van der Waals surface area contributed by atoms with Crippen molar-refractivity contribution in [1.29, 1.82) is 0 Å². The number of H-pyrrole nitrogens is 2. The van der Waals surface area contributed by atoms with Gasteiger partial charge in [-0.05, 0) is 122 Å². The number of fused-ring (bicyclic) bond motifs is 7. The molecule has 3 aliphatic heterocycles. The molecule has 0 radical (unpaired) electrons. The molecule has 0 saturated carbocycles.